The summed E-state index contributed by atoms with van der Waals surface area (Å²) >= 11 is 0. The summed E-state index contributed by atoms with van der Waals surface area (Å²) in [6.45, 7) is 3.15. The summed E-state index contributed by atoms with van der Waals surface area (Å²) in [5, 5.41) is 15.3. The second-order valence-electron chi connectivity index (χ2n) is 5.37. The number of benzene rings is 1. The van der Waals surface area contributed by atoms with Crippen molar-refractivity contribution in [2.24, 2.45) is 0 Å². The first-order valence-corrected chi connectivity index (χ1v) is 6.88. The highest BCUT2D eigenvalue weighted by Gasteiger charge is 2.49. The molecule has 1 fully saturated rings. The number of nitrogens with zero attached hydrogens (tertiary/aromatic N) is 4. The van der Waals surface area contributed by atoms with Crippen molar-refractivity contribution < 1.29 is 14.1 Å². The fourth-order valence-corrected chi connectivity index (χ4v) is 2.48. The highest BCUT2D eigenvalue weighted by molar-refractivity contribution is 6.07. The van der Waals surface area contributed by atoms with E-state index < -0.39 is 17.5 Å². The maximum Gasteiger partial charge on any atom is 0.325 e. The molecule has 2 heterocycles. The maximum atomic E-state index is 12.7. The number of aromatic nitrogens is 2. The van der Waals surface area contributed by atoms with Crippen LogP contribution < -0.4 is 5.32 Å². The molecule has 2 aromatic rings. The van der Waals surface area contributed by atoms with Gasteiger partial charge in [-0.1, -0.05) is 17.3 Å². The number of aryl methyl sites for hydroxylation is 1. The molecule has 8 nitrogen and oxygen atoms in total. The number of urea groups is 1. The van der Waals surface area contributed by atoms with Crippen LogP contribution in [0.25, 0.3) is 0 Å². The molecule has 3 rings (SSSR count). The molecule has 23 heavy (non-hydrogen) atoms. The Morgan fingerprint density at radius 1 is 1.43 bits per heavy atom. The Labute approximate surface area is 131 Å². The molecule has 0 saturated carbocycles. The molecule has 116 valence electrons. The van der Waals surface area contributed by atoms with Crippen LogP contribution in [0.15, 0.2) is 28.8 Å². The van der Waals surface area contributed by atoms with E-state index in [4.69, 9.17) is 9.78 Å². The lowest BCUT2D eigenvalue weighted by molar-refractivity contribution is -0.131. The van der Waals surface area contributed by atoms with Crippen LogP contribution in [0.1, 0.15) is 29.8 Å². The van der Waals surface area contributed by atoms with E-state index in [9.17, 15) is 9.59 Å². The lowest BCUT2D eigenvalue weighted by Crippen LogP contribution is -2.40. The molecule has 1 atom stereocenters. The minimum Gasteiger partial charge on any atom is -0.337 e. The Morgan fingerprint density at radius 2 is 2.22 bits per heavy atom. The predicted molar refractivity (Wildman–Crippen MR) is 76.6 cm³/mol. The fraction of sp³-hybridized carbons (Fsp3) is 0.267. The number of amides is 3. The molecule has 1 N–H and O–H groups in total. The summed E-state index contributed by atoms with van der Waals surface area (Å²) in [7, 11) is 0. The van der Waals surface area contributed by atoms with Crippen molar-refractivity contribution in [2.45, 2.75) is 25.9 Å². The average Bonchev–Trinajstić information content (AvgIpc) is 3.05. The molecule has 1 aliphatic rings. The normalized spacial score (nSPS) is 20.5. The van der Waals surface area contributed by atoms with Crippen LogP contribution in [0.2, 0.25) is 0 Å². The number of imide groups is 1. The summed E-state index contributed by atoms with van der Waals surface area (Å²) in [4.78, 5) is 29.9. The van der Waals surface area contributed by atoms with Crippen LogP contribution in [0.5, 0.6) is 0 Å². The highest BCUT2D eigenvalue weighted by atomic mass is 16.5. The van der Waals surface area contributed by atoms with Crippen LogP contribution in [-0.4, -0.2) is 27.0 Å². The van der Waals surface area contributed by atoms with Crippen LogP contribution >= 0.6 is 0 Å². The standard InChI is InChI=1S/C15H13N5O3/c1-9-17-12(23-19-9)8-20-13(21)15(2,18-14(20)22)11-5-3-4-10(6-11)7-16/h3-6H,8H2,1-2H3,(H,18,22). The zero-order valence-electron chi connectivity index (χ0n) is 12.5. The lowest BCUT2D eigenvalue weighted by atomic mass is 9.91. The summed E-state index contributed by atoms with van der Waals surface area (Å²) in [5.41, 5.74) is -0.283. The topological polar surface area (TPSA) is 112 Å². The van der Waals surface area contributed by atoms with Gasteiger partial charge in [-0.2, -0.15) is 10.2 Å². The van der Waals surface area contributed by atoms with Crippen LogP contribution in [0.3, 0.4) is 0 Å². The number of hydrogen-bond donors (Lipinski definition) is 1. The van der Waals surface area contributed by atoms with Gasteiger partial charge in [-0.05, 0) is 31.5 Å². The zero-order valence-corrected chi connectivity index (χ0v) is 12.5. The largest absolute Gasteiger partial charge is 0.337 e. The van der Waals surface area contributed by atoms with E-state index in [1.807, 2.05) is 6.07 Å². The van der Waals surface area contributed by atoms with Gasteiger partial charge in [0.1, 0.15) is 12.1 Å². The van der Waals surface area contributed by atoms with Gasteiger partial charge in [-0.15, -0.1) is 0 Å². The van der Waals surface area contributed by atoms with Gasteiger partial charge in [0.05, 0.1) is 11.6 Å². The van der Waals surface area contributed by atoms with E-state index in [1.54, 1.807) is 38.1 Å². The summed E-state index contributed by atoms with van der Waals surface area (Å²) in [5.74, 6) is 0.172. The molecule has 0 spiro atoms. The minimum absolute atomic E-state index is 0.0982. The van der Waals surface area contributed by atoms with E-state index in [0.29, 0.717) is 17.0 Å². The zero-order chi connectivity index (χ0) is 16.6. The van der Waals surface area contributed by atoms with Gasteiger partial charge >= 0.3 is 6.03 Å². The van der Waals surface area contributed by atoms with Gasteiger partial charge < -0.3 is 9.84 Å². The van der Waals surface area contributed by atoms with Crippen molar-refractivity contribution in [3.8, 4) is 6.07 Å². The number of carbonyl (C=O) groups is 2. The third-order valence-corrected chi connectivity index (χ3v) is 3.71. The molecular formula is C15H13N5O3. The Hall–Kier alpha value is -3.21. The van der Waals surface area contributed by atoms with Crippen molar-refractivity contribution in [3.05, 3.63) is 47.1 Å². The Morgan fingerprint density at radius 3 is 2.87 bits per heavy atom. The van der Waals surface area contributed by atoms with Gasteiger partial charge in [0.2, 0.25) is 5.89 Å². The first-order chi connectivity index (χ1) is 10.9. The van der Waals surface area contributed by atoms with E-state index >= 15 is 0 Å². The van der Waals surface area contributed by atoms with Crippen molar-refractivity contribution in [1.29, 1.82) is 5.26 Å². The second kappa shape index (κ2) is 5.21. The smallest absolute Gasteiger partial charge is 0.325 e. The Bertz CT molecular complexity index is 838. The molecular weight excluding hydrogens is 298 g/mol. The number of rotatable bonds is 3. The third kappa shape index (κ3) is 2.42. The lowest BCUT2D eigenvalue weighted by Gasteiger charge is -2.22. The second-order valence-corrected chi connectivity index (χ2v) is 5.37. The number of nitrogens with one attached hydrogen (secondary N) is 1. The fourth-order valence-electron chi connectivity index (χ4n) is 2.48. The number of carbonyl (C=O) groups excluding carboxylic acids is 2. The van der Waals surface area contributed by atoms with E-state index in [-0.39, 0.29) is 12.4 Å². The maximum absolute atomic E-state index is 12.7. The van der Waals surface area contributed by atoms with Crippen molar-refractivity contribution >= 4 is 11.9 Å². The highest BCUT2D eigenvalue weighted by Crippen LogP contribution is 2.30. The van der Waals surface area contributed by atoms with Crippen molar-refractivity contribution in [3.63, 3.8) is 0 Å². The molecule has 0 aliphatic carbocycles. The predicted octanol–water partition coefficient (Wildman–Crippen LogP) is 1.22. The van der Waals surface area contributed by atoms with Gasteiger partial charge in [-0.25, -0.2) is 4.79 Å². The minimum atomic E-state index is -1.24. The molecule has 1 aromatic heterocycles. The first kappa shape index (κ1) is 14.7. The van der Waals surface area contributed by atoms with Crippen molar-refractivity contribution in [1.82, 2.24) is 20.4 Å². The SMILES string of the molecule is Cc1noc(CN2C(=O)NC(C)(c3cccc(C#N)c3)C2=O)n1. The average molecular weight is 311 g/mol. The Balaban J connectivity index is 1.91. The number of hydrogen-bond acceptors (Lipinski definition) is 6. The van der Waals surface area contributed by atoms with Crippen molar-refractivity contribution in [2.75, 3.05) is 0 Å². The Kier molecular flexibility index (Phi) is 3.33. The molecule has 1 aromatic carbocycles. The molecule has 0 bridgehead atoms. The summed E-state index contributed by atoms with van der Waals surface area (Å²) in [6, 6.07) is 8.05. The molecule has 8 heteroatoms. The van der Waals surface area contributed by atoms with Gasteiger partial charge in [0.15, 0.2) is 5.82 Å². The van der Waals surface area contributed by atoms with Gasteiger partial charge in [0.25, 0.3) is 5.91 Å². The van der Waals surface area contributed by atoms with Gasteiger partial charge in [-0.3, -0.25) is 9.69 Å². The van der Waals surface area contributed by atoms with Crippen LogP contribution in [0.4, 0.5) is 4.79 Å². The molecule has 1 saturated heterocycles. The van der Waals surface area contributed by atoms with Crippen LogP contribution in [-0.2, 0) is 16.9 Å². The third-order valence-electron chi connectivity index (χ3n) is 3.71. The number of nitriles is 1. The summed E-state index contributed by atoms with van der Waals surface area (Å²) < 4.78 is 4.96. The van der Waals surface area contributed by atoms with E-state index in [0.717, 1.165) is 4.90 Å². The molecule has 0 radical (unpaired) electrons. The molecule has 1 unspecified atom stereocenters. The van der Waals surface area contributed by atoms with E-state index in [1.165, 1.54) is 0 Å². The monoisotopic (exact) mass is 311 g/mol. The molecule has 1 aliphatic heterocycles. The van der Waals surface area contributed by atoms with E-state index in [2.05, 4.69) is 15.5 Å². The summed E-state index contributed by atoms with van der Waals surface area (Å²) in [6.07, 6.45) is 0. The van der Waals surface area contributed by atoms with Gasteiger partial charge in [0, 0.05) is 0 Å². The van der Waals surface area contributed by atoms with Crippen LogP contribution in [0, 0.1) is 18.3 Å². The quantitative estimate of drug-likeness (QED) is 0.853. The first-order valence-electron chi connectivity index (χ1n) is 6.88. The molecule has 3 amide bonds.